The molecule has 1 rings (SSSR count). The Morgan fingerprint density at radius 2 is 2.21 bits per heavy atom. The van der Waals surface area contributed by atoms with Crippen LogP contribution in [0.5, 0.6) is 0 Å². The van der Waals surface area contributed by atoms with Crippen LogP contribution < -0.4 is 5.69 Å². The van der Waals surface area contributed by atoms with E-state index in [1.165, 1.54) is 11.8 Å². The predicted molar refractivity (Wildman–Crippen MR) is 73.0 cm³/mol. The van der Waals surface area contributed by atoms with Gasteiger partial charge in [0.15, 0.2) is 0 Å². The van der Waals surface area contributed by atoms with Crippen molar-refractivity contribution >= 4 is 17.7 Å². The first kappa shape index (κ1) is 15.7. The molecule has 106 valence electrons. The minimum atomic E-state index is -1.09. The van der Waals surface area contributed by atoms with Crippen molar-refractivity contribution in [2.75, 3.05) is 19.0 Å². The third kappa shape index (κ3) is 5.04. The van der Waals surface area contributed by atoms with E-state index in [4.69, 9.17) is 9.84 Å². The summed E-state index contributed by atoms with van der Waals surface area (Å²) in [6.07, 6.45) is 2.08. The highest BCUT2D eigenvalue weighted by Crippen LogP contribution is 2.20. The molecule has 0 atom stereocenters. The number of hydrogen-bond acceptors (Lipinski definition) is 5. The Hall–Kier alpha value is -1.34. The Balaban J connectivity index is 2.62. The van der Waals surface area contributed by atoms with Crippen LogP contribution in [0.1, 0.15) is 35.8 Å². The van der Waals surface area contributed by atoms with Crippen LogP contribution in [0.25, 0.3) is 0 Å². The number of ether oxygens (including phenoxy) is 1. The van der Waals surface area contributed by atoms with Crippen molar-refractivity contribution in [3.05, 3.63) is 21.7 Å². The topological polar surface area (TPSA) is 92.3 Å². The van der Waals surface area contributed by atoms with Gasteiger partial charge in [0.05, 0.1) is 6.61 Å². The maximum absolute atomic E-state index is 11.3. The number of H-pyrrole nitrogens is 1. The predicted octanol–water partition coefficient (Wildman–Crippen LogP) is 1.69. The molecule has 6 nitrogen and oxygen atoms in total. The van der Waals surface area contributed by atoms with E-state index in [9.17, 15) is 9.59 Å². The Labute approximate surface area is 115 Å². The quantitative estimate of drug-likeness (QED) is 0.429. The zero-order valence-electron chi connectivity index (χ0n) is 11.1. The van der Waals surface area contributed by atoms with E-state index in [2.05, 4.69) is 16.9 Å². The number of aryl methyl sites for hydroxylation is 1. The van der Waals surface area contributed by atoms with E-state index >= 15 is 0 Å². The van der Waals surface area contributed by atoms with Gasteiger partial charge in [-0.25, -0.2) is 9.59 Å². The van der Waals surface area contributed by atoms with Gasteiger partial charge in [-0.2, -0.15) is 4.98 Å². The van der Waals surface area contributed by atoms with Crippen LogP contribution in [-0.2, 0) is 4.74 Å². The smallest absolute Gasteiger partial charge is 0.346 e. The molecule has 1 aromatic rings. The number of carbonyl (C=O) groups is 1. The van der Waals surface area contributed by atoms with Crippen molar-refractivity contribution < 1.29 is 14.6 Å². The van der Waals surface area contributed by atoms with Crippen molar-refractivity contribution in [3.8, 4) is 0 Å². The molecule has 0 aliphatic heterocycles. The molecule has 0 aromatic carbocycles. The Morgan fingerprint density at radius 3 is 2.84 bits per heavy atom. The number of hydrogen-bond donors (Lipinski definition) is 2. The largest absolute Gasteiger partial charge is 0.478 e. The normalized spacial score (nSPS) is 10.6. The van der Waals surface area contributed by atoms with Crippen molar-refractivity contribution in [2.45, 2.75) is 31.7 Å². The first-order valence-electron chi connectivity index (χ1n) is 6.11. The average molecular weight is 286 g/mol. The number of thioether (sulfide) groups is 1. The fourth-order valence-corrected chi connectivity index (χ4v) is 2.39. The number of unbranched alkanes of at least 4 members (excludes halogenated alkanes) is 1. The molecular weight excluding hydrogens is 268 g/mol. The van der Waals surface area contributed by atoms with Crippen LogP contribution in [0.3, 0.4) is 0 Å². The highest BCUT2D eigenvalue weighted by Gasteiger charge is 2.16. The molecule has 0 unspecified atom stereocenters. The summed E-state index contributed by atoms with van der Waals surface area (Å²) >= 11 is 1.22. The average Bonchev–Trinajstić information content (AvgIpc) is 2.32. The summed E-state index contributed by atoms with van der Waals surface area (Å²) in [4.78, 5) is 28.5. The zero-order chi connectivity index (χ0) is 14.3. The molecule has 0 bridgehead atoms. The summed E-state index contributed by atoms with van der Waals surface area (Å²) in [5, 5.41) is 9.35. The number of rotatable bonds is 8. The van der Waals surface area contributed by atoms with E-state index in [-0.39, 0.29) is 10.6 Å². The van der Waals surface area contributed by atoms with E-state index in [1.807, 2.05) is 0 Å². The maximum Gasteiger partial charge on any atom is 0.346 e. The SMILES string of the molecule is CCCCOCCSc1nc(=O)[nH]c(C)c1C(=O)O. The fraction of sp³-hybridized carbons (Fsp3) is 0.583. The van der Waals surface area contributed by atoms with Crippen molar-refractivity contribution in [1.29, 1.82) is 0 Å². The van der Waals surface area contributed by atoms with Crippen LogP contribution in [0.2, 0.25) is 0 Å². The summed E-state index contributed by atoms with van der Waals surface area (Å²) in [5.41, 5.74) is -0.156. The zero-order valence-corrected chi connectivity index (χ0v) is 11.9. The highest BCUT2D eigenvalue weighted by molar-refractivity contribution is 7.99. The molecule has 1 aromatic heterocycles. The molecule has 2 N–H and O–H groups in total. The van der Waals surface area contributed by atoms with E-state index in [0.717, 1.165) is 12.8 Å². The van der Waals surface area contributed by atoms with Gasteiger partial charge in [-0.3, -0.25) is 0 Å². The monoisotopic (exact) mass is 286 g/mol. The van der Waals surface area contributed by atoms with Crippen LogP contribution in [0, 0.1) is 6.92 Å². The van der Waals surface area contributed by atoms with Gasteiger partial charge in [-0.1, -0.05) is 13.3 Å². The van der Waals surface area contributed by atoms with Gasteiger partial charge in [0.25, 0.3) is 0 Å². The minimum Gasteiger partial charge on any atom is -0.478 e. The number of aromatic nitrogens is 2. The molecule has 0 amide bonds. The van der Waals surface area contributed by atoms with E-state index in [0.29, 0.717) is 24.7 Å². The van der Waals surface area contributed by atoms with Gasteiger partial charge in [0.2, 0.25) is 0 Å². The Bertz CT molecular complexity index is 487. The minimum absolute atomic E-state index is 0.0539. The summed E-state index contributed by atoms with van der Waals surface area (Å²) in [6.45, 7) is 4.84. The second kappa shape index (κ2) is 7.96. The first-order valence-corrected chi connectivity index (χ1v) is 7.09. The molecular formula is C12H18N2O4S. The second-order valence-electron chi connectivity index (χ2n) is 3.97. The third-order valence-electron chi connectivity index (χ3n) is 2.41. The van der Waals surface area contributed by atoms with Crippen molar-refractivity contribution in [1.82, 2.24) is 9.97 Å². The van der Waals surface area contributed by atoms with E-state index in [1.54, 1.807) is 6.92 Å². The van der Waals surface area contributed by atoms with Gasteiger partial charge in [-0.05, 0) is 13.3 Å². The molecule has 19 heavy (non-hydrogen) atoms. The number of aromatic carboxylic acids is 1. The molecule has 7 heteroatoms. The van der Waals surface area contributed by atoms with Gasteiger partial charge in [-0.15, -0.1) is 11.8 Å². The van der Waals surface area contributed by atoms with Gasteiger partial charge >= 0.3 is 11.7 Å². The summed E-state index contributed by atoms with van der Waals surface area (Å²) < 4.78 is 5.37. The lowest BCUT2D eigenvalue weighted by molar-refractivity contribution is 0.0690. The number of carboxylic acids is 1. The fourth-order valence-electron chi connectivity index (χ4n) is 1.46. The van der Waals surface area contributed by atoms with E-state index < -0.39 is 11.7 Å². The van der Waals surface area contributed by atoms with Gasteiger partial charge in [0.1, 0.15) is 10.6 Å². The number of carboxylic acid groups (broad SMARTS) is 1. The maximum atomic E-state index is 11.3. The molecule has 1 heterocycles. The second-order valence-corrected chi connectivity index (χ2v) is 5.05. The molecule has 0 fully saturated rings. The number of nitrogens with one attached hydrogen (secondary N) is 1. The standard InChI is InChI=1S/C12H18N2O4S/c1-3-4-5-18-6-7-19-10-9(11(15)16)8(2)13-12(17)14-10/h3-7H2,1-2H3,(H,15,16)(H,13,14,17). The van der Waals surface area contributed by atoms with Crippen LogP contribution in [0.15, 0.2) is 9.82 Å². The molecule has 0 saturated carbocycles. The first-order chi connectivity index (χ1) is 9.06. The third-order valence-corrected chi connectivity index (χ3v) is 3.35. The summed E-state index contributed by atoms with van der Waals surface area (Å²) in [6, 6.07) is 0. The summed E-state index contributed by atoms with van der Waals surface area (Å²) in [7, 11) is 0. The lowest BCUT2D eigenvalue weighted by Crippen LogP contribution is -2.18. The number of nitrogens with zero attached hydrogens (tertiary/aromatic N) is 1. The van der Waals surface area contributed by atoms with Crippen LogP contribution in [-0.4, -0.2) is 40.0 Å². The lowest BCUT2D eigenvalue weighted by atomic mass is 10.2. The molecule has 0 saturated heterocycles. The molecule has 0 radical (unpaired) electrons. The highest BCUT2D eigenvalue weighted by atomic mass is 32.2. The van der Waals surface area contributed by atoms with Crippen molar-refractivity contribution in [3.63, 3.8) is 0 Å². The van der Waals surface area contributed by atoms with Crippen molar-refractivity contribution in [2.24, 2.45) is 0 Å². The molecule has 0 spiro atoms. The Morgan fingerprint density at radius 1 is 1.47 bits per heavy atom. The van der Waals surface area contributed by atoms with Gasteiger partial charge in [0, 0.05) is 18.1 Å². The molecule has 0 aliphatic rings. The van der Waals surface area contributed by atoms with Crippen LogP contribution in [0.4, 0.5) is 0 Å². The number of aromatic amines is 1. The van der Waals surface area contributed by atoms with Crippen LogP contribution >= 0.6 is 11.8 Å². The summed E-state index contributed by atoms with van der Waals surface area (Å²) in [5.74, 6) is -0.518. The molecule has 0 aliphatic carbocycles. The Kier molecular flexibility index (Phi) is 6.58. The lowest BCUT2D eigenvalue weighted by Gasteiger charge is -2.07. The van der Waals surface area contributed by atoms with Gasteiger partial charge < -0.3 is 14.8 Å².